The van der Waals surface area contributed by atoms with Crippen molar-refractivity contribution in [3.05, 3.63) is 59.9 Å². The first-order valence-electron chi connectivity index (χ1n) is 9.05. The molecule has 0 saturated carbocycles. The van der Waals surface area contributed by atoms with Gasteiger partial charge in [-0.05, 0) is 54.8 Å². The molecule has 1 aliphatic rings. The lowest BCUT2D eigenvalue weighted by Crippen LogP contribution is -2.44. The molecule has 1 aliphatic heterocycles. The Balaban J connectivity index is 1.83. The van der Waals surface area contributed by atoms with Gasteiger partial charge in [0.1, 0.15) is 5.82 Å². The van der Waals surface area contributed by atoms with E-state index in [1.807, 2.05) is 12.1 Å². The van der Waals surface area contributed by atoms with Gasteiger partial charge in [0.05, 0.1) is 6.42 Å². The van der Waals surface area contributed by atoms with Crippen LogP contribution < -0.4 is 10.2 Å². The molecule has 0 unspecified atom stereocenters. The van der Waals surface area contributed by atoms with Crippen LogP contribution >= 0.6 is 0 Å². The van der Waals surface area contributed by atoms with Gasteiger partial charge in [0.25, 0.3) is 0 Å². The van der Waals surface area contributed by atoms with Gasteiger partial charge in [0.2, 0.25) is 11.8 Å². The van der Waals surface area contributed by atoms with Gasteiger partial charge < -0.3 is 15.0 Å². The Morgan fingerprint density at radius 3 is 2.48 bits per heavy atom. The van der Waals surface area contributed by atoms with E-state index in [1.165, 1.54) is 19.1 Å². The van der Waals surface area contributed by atoms with Crippen LogP contribution in [0, 0.1) is 5.82 Å². The molecule has 0 spiro atoms. The Bertz CT molecular complexity index is 801. The average Bonchev–Trinajstić information content (AvgIpc) is 2.64. The van der Waals surface area contributed by atoms with Gasteiger partial charge in [-0.2, -0.15) is 0 Å². The van der Waals surface area contributed by atoms with E-state index in [2.05, 4.69) is 5.32 Å². The first kappa shape index (κ1) is 19.0. The average molecular weight is 370 g/mol. The van der Waals surface area contributed by atoms with Gasteiger partial charge in [-0.15, -0.1) is 0 Å². The third kappa shape index (κ3) is 5.14. The van der Waals surface area contributed by atoms with Crippen LogP contribution in [0.4, 0.5) is 15.8 Å². The number of halogens is 1. The van der Waals surface area contributed by atoms with Gasteiger partial charge in [-0.25, -0.2) is 4.39 Å². The summed E-state index contributed by atoms with van der Waals surface area (Å²) in [6.07, 6.45) is 1.63. The number of anilines is 2. The molecule has 1 N–H and O–H groups in total. The summed E-state index contributed by atoms with van der Waals surface area (Å²) in [5, 5.41) is 2.72. The lowest BCUT2D eigenvalue weighted by molar-refractivity contribution is -0.119. The molecule has 142 valence electrons. The van der Waals surface area contributed by atoms with Gasteiger partial charge in [0, 0.05) is 37.6 Å². The minimum Gasteiger partial charge on any atom is -0.381 e. The van der Waals surface area contributed by atoms with E-state index in [4.69, 9.17) is 4.74 Å². The van der Waals surface area contributed by atoms with Crippen molar-refractivity contribution in [3.8, 4) is 0 Å². The molecule has 2 aromatic carbocycles. The number of benzene rings is 2. The Hall–Kier alpha value is -2.73. The van der Waals surface area contributed by atoms with Gasteiger partial charge in [-0.3, -0.25) is 9.59 Å². The highest BCUT2D eigenvalue weighted by molar-refractivity contribution is 5.96. The number of ether oxygens (including phenoxy) is 1. The molecule has 0 radical (unpaired) electrons. The van der Waals surface area contributed by atoms with Crippen LogP contribution in [0.3, 0.4) is 0 Å². The van der Waals surface area contributed by atoms with Crippen molar-refractivity contribution in [3.63, 3.8) is 0 Å². The molecule has 0 aliphatic carbocycles. The summed E-state index contributed by atoms with van der Waals surface area (Å²) in [4.78, 5) is 26.1. The van der Waals surface area contributed by atoms with E-state index in [9.17, 15) is 14.0 Å². The zero-order chi connectivity index (χ0) is 19.2. The van der Waals surface area contributed by atoms with Crippen molar-refractivity contribution in [1.82, 2.24) is 0 Å². The number of rotatable bonds is 5. The predicted octanol–water partition coefficient (Wildman–Crippen LogP) is 3.54. The lowest BCUT2D eigenvalue weighted by Gasteiger charge is -2.34. The Labute approximate surface area is 158 Å². The van der Waals surface area contributed by atoms with Gasteiger partial charge in [-0.1, -0.05) is 12.1 Å². The van der Waals surface area contributed by atoms with Crippen molar-refractivity contribution in [2.24, 2.45) is 0 Å². The van der Waals surface area contributed by atoms with Crippen LogP contribution in [0.15, 0.2) is 48.5 Å². The molecule has 0 atom stereocenters. The fourth-order valence-electron chi connectivity index (χ4n) is 3.32. The van der Waals surface area contributed by atoms with Crippen LogP contribution in [0.5, 0.6) is 0 Å². The van der Waals surface area contributed by atoms with Crippen molar-refractivity contribution in [1.29, 1.82) is 0 Å². The molecular formula is C21H23FN2O3. The second-order valence-corrected chi connectivity index (χ2v) is 6.64. The Morgan fingerprint density at radius 1 is 1.15 bits per heavy atom. The zero-order valence-corrected chi connectivity index (χ0v) is 15.3. The summed E-state index contributed by atoms with van der Waals surface area (Å²) in [5.74, 6) is -0.580. The van der Waals surface area contributed by atoms with Crippen LogP contribution in [0.2, 0.25) is 0 Å². The minimum absolute atomic E-state index is 0.0337. The molecule has 5 nitrogen and oxygen atoms in total. The van der Waals surface area contributed by atoms with Crippen LogP contribution in [-0.4, -0.2) is 31.1 Å². The van der Waals surface area contributed by atoms with E-state index in [0.29, 0.717) is 24.5 Å². The topological polar surface area (TPSA) is 58.6 Å². The minimum atomic E-state index is -0.349. The number of nitrogens with one attached hydrogen (secondary N) is 1. The summed E-state index contributed by atoms with van der Waals surface area (Å²) in [6, 6.07) is 13.4. The normalized spacial score (nSPS) is 14.6. The van der Waals surface area contributed by atoms with Gasteiger partial charge >= 0.3 is 0 Å². The second-order valence-electron chi connectivity index (χ2n) is 6.64. The van der Waals surface area contributed by atoms with Crippen molar-refractivity contribution in [2.75, 3.05) is 23.4 Å². The molecule has 2 aromatic rings. The molecule has 2 amide bonds. The largest absolute Gasteiger partial charge is 0.381 e. The molecule has 27 heavy (non-hydrogen) atoms. The number of nitrogens with zero attached hydrogens (tertiary/aromatic N) is 1. The van der Waals surface area contributed by atoms with E-state index >= 15 is 0 Å². The summed E-state index contributed by atoms with van der Waals surface area (Å²) in [7, 11) is 0. The highest BCUT2D eigenvalue weighted by Gasteiger charge is 2.27. The van der Waals surface area contributed by atoms with Crippen LogP contribution in [0.1, 0.15) is 25.3 Å². The summed E-state index contributed by atoms with van der Waals surface area (Å²) in [6.45, 7) is 2.67. The standard InChI is InChI=1S/C21H23FN2O3/c1-15(25)23-18-5-7-19(8-6-18)24(20-9-11-27-12-10-20)21(26)14-16-3-2-4-17(22)13-16/h2-8,13,20H,9-12,14H2,1H3,(H,23,25). The second kappa shape index (κ2) is 8.77. The molecule has 0 aromatic heterocycles. The maximum Gasteiger partial charge on any atom is 0.231 e. The first-order valence-corrected chi connectivity index (χ1v) is 9.05. The maximum atomic E-state index is 13.5. The summed E-state index contributed by atoms with van der Waals surface area (Å²) >= 11 is 0. The molecule has 3 rings (SSSR count). The molecule has 1 saturated heterocycles. The third-order valence-corrected chi connectivity index (χ3v) is 4.53. The Morgan fingerprint density at radius 2 is 1.85 bits per heavy atom. The molecule has 0 bridgehead atoms. The number of hydrogen-bond acceptors (Lipinski definition) is 3. The maximum absolute atomic E-state index is 13.5. The number of hydrogen-bond donors (Lipinski definition) is 1. The van der Waals surface area contributed by atoms with E-state index < -0.39 is 0 Å². The van der Waals surface area contributed by atoms with Crippen molar-refractivity contribution in [2.45, 2.75) is 32.2 Å². The third-order valence-electron chi connectivity index (χ3n) is 4.53. The number of carbonyl (C=O) groups excluding carboxylic acids is 2. The molecule has 6 heteroatoms. The highest BCUT2D eigenvalue weighted by Crippen LogP contribution is 2.26. The predicted molar refractivity (Wildman–Crippen MR) is 102 cm³/mol. The van der Waals surface area contributed by atoms with Crippen LogP contribution in [0.25, 0.3) is 0 Å². The van der Waals surface area contributed by atoms with E-state index in [-0.39, 0.29) is 30.1 Å². The first-order chi connectivity index (χ1) is 13.0. The van der Waals surface area contributed by atoms with Crippen LogP contribution in [-0.2, 0) is 20.7 Å². The van der Waals surface area contributed by atoms with Crippen molar-refractivity contribution >= 4 is 23.2 Å². The molecular weight excluding hydrogens is 347 g/mol. The number of amides is 2. The van der Waals surface area contributed by atoms with E-state index in [0.717, 1.165) is 18.5 Å². The van der Waals surface area contributed by atoms with E-state index in [1.54, 1.807) is 29.2 Å². The quantitative estimate of drug-likeness (QED) is 0.876. The summed E-state index contributed by atoms with van der Waals surface area (Å²) in [5.41, 5.74) is 2.08. The fourth-order valence-corrected chi connectivity index (χ4v) is 3.32. The zero-order valence-electron chi connectivity index (χ0n) is 15.3. The number of carbonyl (C=O) groups is 2. The molecule has 1 fully saturated rings. The van der Waals surface area contributed by atoms with Gasteiger partial charge in [0.15, 0.2) is 0 Å². The SMILES string of the molecule is CC(=O)Nc1ccc(N(C(=O)Cc2cccc(F)c2)C2CCOCC2)cc1. The monoisotopic (exact) mass is 370 g/mol. The molecule has 1 heterocycles. The Kier molecular flexibility index (Phi) is 6.19. The fraction of sp³-hybridized carbons (Fsp3) is 0.333. The smallest absolute Gasteiger partial charge is 0.231 e. The highest BCUT2D eigenvalue weighted by atomic mass is 19.1. The lowest BCUT2D eigenvalue weighted by atomic mass is 10.0. The summed E-state index contributed by atoms with van der Waals surface area (Å²) < 4.78 is 18.9. The van der Waals surface area contributed by atoms with Crippen molar-refractivity contribution < 1.29 is 18.7 Å².